The first kappa shape index (κ1) is 12.4. The van der Waals surface area contributed by atoms with Gasteiger partial charge in [-0.3, -0.25) is 4.68 Å². The molecule has 0 radical (unpaired) electrons. The van der Waals surface area contributed by atoms with E-state index in [1.807, 2.05) is 6.92 Å². The van der Waals surface area contributed by atoms with Crippen LogP contribution in [-0.2, 0) is 7.05 Å². The van der Waals surface area contributed by atoms with E-state index in [2.05, 4.69) is 15.4 Å². The van der Waals surface area contributed by atoms with Gasteiger partial charge in [-0.1, -0.05) is 11.6 Å². The smallest absolute Gasteiger partial charge is 0.337 e. The second-order valence-electron chi connectivity index (χ2n) is 3.75. The van der Waals surface area contributed by atoms with Gasteiger partial charge in [-0.05, 0) is 13.0 Å². The molecule has 2 N–H and O–H groups in total. The second-order valence-corrected chi connectivity index (χ2v) is 4.13. The molecule has 0 spiro atoms. The Morgan fingerprint density at radius 3 is 2.83 bits per heavy atom. The highest BCUT2D eigenvalue weighted by Crippen LogP contribution is 2.27. The van der Waals surface area contributed by atoms with Crippen LogP contribution < -0.4 is 5.32 Å². The Hall–Kier alpha value is -2.08. The van der Waals surface area contributed by atoms with Crippen LogP contribution in [0.2, 0.25) is 5.02 Å². The molecule has 0 unspecified atom stereocenters. The van der Waals surface area contributed by atoms with E-state index in [0.717, 1.165) is 11.4 Å². The summed E-state index contributed by atoms with van der Waals surface area (Å²) < 4.78 is 1.65. The maximum Gasteiger partial charge on any atom is 0.337 e. The molecule has 94 valence electrons. The van der Waals surface area contributed by atoms with Crippen LogP contribution in [0.15, 0.2) is 18.5 Å². The molecule has 2 rings (SSSR count). The van der Waals surface area contributed by atoms with Crippen molar-refractivity contribution in [3.05, 3.63) is 34.7 Å². The van der Waals surface area contributed by atoms with Gasteiger partial charge in [-0.2, -0.15) is 5.10 Å². The standard InChI is InChI=1S/C11H11ClN4O2/c1-6-8(5-16(2)15-6)14-10-9(12)7(11(17)18)3-4-13-10/h3-5H,1-2H3,(H,13,14)(H,17,18). The highest BCUT2D eigenvalue weighted by atomic mass is 35.5. The highest BCUT2D eigenvalue weighted by Gasteiger charge is 2.14. The lowest BCUT2D eigenvalue weighted by molar-refractivity contribution is 0.0697. The molecule has 0 saturated heterocycles. The Bertz CT molecular complexity index is 609. The minimum Gasteiger partial charge on any atom is -0.478 e. The summed E-state index contributed by atoms with van der Waals surface area (Å²) in [6, 6.07) is 1.35. The van der Waals surface area contributed by atoms with Gasteiger partial charge >= 0.3 is 5.97 Å². The van der Waals surface area contributed by atoms with Crippen LogP contribution in [0.1, 0.15) is 16.1 Å². The van der Waals surface area contributed by atoms with Gasteiger partial charge in [0.1, 0.15) is 5.82 Å². The molecule has 0 fully saturated rings. The minimum atomic E-state index is -1.09. The fourth-order valence-corrected chi connectivity index (χ4v) is 1.79. The first-order valence-electron chi connectivity index (χ1n) is 5.14. The average Bonchev–Trinajstić information content (AvgIpc) is 2.60. The molecule has 0 aliphatic rings. The van der Waals surface area contributed by atoms with Gasteiger partial charge in [0, 0.05) is 19.4 Å². The maximum absolute atomic E-state index is 10.9. The van der Waals surface area contributed by atoms with Crippen LogP contribution in [0.4, 0.5) is 11.5 Å². The van der Waals surface area contributed by atoms with Crippen molar-refractivity contribution in [2.24, 2.45) is 7.05 Å². The maximum atomic E-state index is 10.9. The molecule has 0 aliphatic heterocycles. The first-order chi connectivity index (χ1) is 8.49. The Morgan fingerprint density at radius 1 is 1.56 bits per heavy atom. The van der Waals surface area contributed by atoms with Gasteiger partial charge in [-0.25, -0.2) is 9.78 Å². The number of rotatable bonds is 3. The number of carboxylic acids is 1. The van der Waals surface area contributed by atoms with E-state index in [0.29, 0.717) is 5.82 Å². The fraction of sp³-hybridized carbons (Fsp3) is 0.182. The zero-order chi connectivity index (χ0) is 13.3. The lowest BCUT2D eigenvalue weighted by Crippen LogP contribution is -2.02. The number of pyridine rings is 1. The fourth-order valence-electron chi connectivity index (χ4n) is 1.55. The number of anilines is 2. The predicted octanol–water partition coefficient (Wildman–Crippen LogP) is 2.22. The summed E-state index contributed by atoms with van der Waals surface area (Å²) in [6.45, 7) is 1.83. The topological polar surface area (TPSA) is 80.0 Å². The monoisotopic (exact) mass is 266 g/mol. The molecule has 7 heteroatoms. The van der Waals surface area contributed by atoms with E-state index in [-0.39, 0.29) is 10.6 Å². The molecule has 0 aliphatic carbocycles. The summed E-state index contributed by atoms with van der Waals surface area (Å²) in [7, 11) is 1.79. The zero-order valence-corrected chi connectivity index (χ0v) is 10.6. The number of carbonyl (C=O) groups is 1. The van der Waals surface area contributed by atoms with E-state index >= 15 is 0 Å². The van der Waals surface area contributed by atoms with Crippen molar-refractivity contribution in [1.82, 2.24) is 14.8 Å². The quantitative estimate of drug-likeness (QED) is 0.890. The number of hydrogen-bond acceptors (Lipinski definition) is 4. The third kappa shape index (κ3) is 2.28. The Balaban J connectivity index is 2.38. The third-order valence-electron chi connectivity index (χ3n) is 2.39. The van der Waals surface area contributed by atoms with Crippen molar-refractivity contribution in [2.45, 2.75) is 6.92 Å². The molecule has 2 aromatic heterocycles. The van der Waals surface area contributed by atoms with E-state index in [4.69, 9.17) is 16.7 Å². The molecule has 6 nitrogen and oxygen atoms in total. The summed E-state index contributed by atoms with van der Waals surface area (Å²) in [6.07, 6.45) is 3.16. The molecule has 2 aromatic rings. The van der Waals surface area contributed by atoms with Crippen molar-refractivity contribution in [2.75, 3.05) is 5.32 Å². The number of nitrogens with zero attached hydrogens (tertiary/aromatic N) is 3. The van der Waals surface area contributed by atoms with Gasteiger partial charge in [0.15, 0.2) is 0 Å². The zero-order valence-electron chi connectivity index (χ0n) is 9.81. The van der Waals surface area contributed by atoms with Crippen LogP contribution in [0, 0.1) is 6.92 Å². The number of aromatic carboxylic acids is 1. The van der Waals surface area contributed by atoms with Gasteiger partial charge in [0.2, 0.25) is 0 Å². The summed E-state index contributed by atoms with van der Waals surface area (Å²) in [5.41, 5.74) is 1.52. The normalized spacial score (nSPS) is 10.4. The largest absolute Gasteiger partial charge is 0.478 e. The first-order valence-corrected chi connectivity index (χ1v) is 5.52. The molecule has 0 atom stereocenters. The summed E-state index contributed by atoms with van der Waals surface area (Å²) in [5, 5.41) is 16.2. The number of nitrogens with one attached hydrogen (secondary N) is 1. The van der Waals surface area contributed by atoms with Gasteiger partial charge in [-0.15, -0.1) is 0 Å². The molecule has 18 heavy (non-hydrogen) atoms. The average molecular weight is 267 g/mol. The van der Waals surface area contributed by atoms with Crippen LogP contribution in [0.25, 0.3) is 0 Å². The Labute approximate surface area is 108 Å². The number of aromatic nitrogens is 3. The Morgan fingerprint density at radius 2 is 2.28 bits per heavy atom. The number of aryl methyl sites for hydroxylation is 2. The van der Waals surface area contributed by atoms with Crippen molar-refractivity contribution >= 4 is 29.1 Å². The van der Waals surface area contributed by atoms with E-state index < -0.39 is 5.97 Å². The SMILES string of the molecule is Cc1nn(C)cc1Nc1nccc(C(=O)O)c1Cl. The van der Waals surface area contributed by atoms with Crippen molar-refractivity contribution in [3.63, 3.8) is 0 Å². The summed E-state index contributed by atoms with van der Waals surface area (Å²) in [4.78, 5) is 15.0. The summed E-state index contributed by atoms with van der Waals surface area (Å²) >= 11 is 5.98. The van der Waals surface area contributed by atoms with E-state index in [1.165, 1.54) is 12.3 Å². The van der Waals surface area contributed by atoms with Gasteiger partial charge in [0.05, 0.1) is 22.0 Å². The number of hydrogen-bond donors (Lipinski definition) is 2. The van der Waals surface area contributed by atoms with E-state index in [1.54, 1.807) is 17.9 Å². The van der Waals surface area contributed by atoms with Crippen molar-refractivity contribution < 1.29 is 9.90 Å². The van der Waals surface area contributed by atoms with Crippen LogP contribution in [-0.4, -0.2) is 25.8 Å². The molecule has 0 bridgehead atoms. The molecule has 0 amide bonds. The lowest BCUT2D eigenvalue weighted by Gasteiger charge is -2.07. The third-order valence-corrected chi connectivity index (χ3v) is 2.77. The Kier molecular flexibility index (Phi) is 3.20. The second kappa shape index (κ2) is 4.66. The molecule has 0 aromatic carbocycles. The lowest BCUT2D eigenvalue weighted by atomic mass is 10.2. The van der Waals surface area contributed by atoms with Crippen molar-refractivity contribution in [3.8, 4) is 0 Å². The van der Waals surface area contributed by atoms with Crippen LogP contribution in [0.5, 0.6) is 0 Å². The van der Waals surface area contributed by atoms with Crippen LogP contribution in [0.3, 0.4) is 0 Å². The van der Waals surface area contributed by atoms with Gasteiger partial charge in [0.25, 0.3) is 0 Å². The van der Waals surface area contributed by atoms with Crippen molar-refractivity contribution in [1.29, 1.82) is 0 Å². The number of carboxylic acid groups (broad SMARTS) is 1. The molecule has 2 heterocycles. The molecule has 0 saturated carbocycles. The summed E-state index contributed by atoms with van der Waals surface area (Å²) in [5.74, 6) is -0.791. The van der Waals surface area contributed by atoms with Gasteiger partial charge < -0.3 is 10.4 Å². The molecular weight excluding hydrogens is 256 g/mol. The highest BCUT2D eigenvalue weighted by molar-refractivity contribution is 6.35. The number of halogens is 1. The van der Waals surface area contributed by atoms with E-state index in [9.17, 15) is 4.79 Å². The molecular formula is C11H11ClN4O2. The minimum absolute atomic E-state index is 0.00992. The predicted molar refractivity (Wildman–Crippen MR) is 67.4 cm³/mol. The van der Waals surface area contributed by atoms with Crippen LogP contribution >= 0.6 is 11.6 Å².